The van der Waals surface area contributed by atoms with Gasteiger partial charge in [0.2, 0.25) is 0 Å². The molecule has 1 N–H and O–H groups in total. The van der Waals surface area contributed by atoms with Crippen molar-refractivity contribution in [3.63, 3.8) is 0 Å². The van der Waals surface area contributed by atoms with Gasteiger partial charge >= 0.3 is 0 Å². The van der Waals surface area contributed by atoms with Crippen LogP contribution in [0, 0.1) is 0 Å². The summed E-state index contributed by atoms with van der Waals surface area (Å²) in [6.45, 7) is 7.45. The van der Waals surface area contributed by atoms with Crippen LogP contribution in [0.4, 0.5) is 5.69 Å². The zero-order valence-electron chi connectivity index (χ0n) is 11.6. The fraction of sp³-hybridized carbons (Fsp3) is 0.400. The van der Waals surface area contributed by atoms with Gasteiger partial charge < -0.3 is 5.32 Å². The lowest BCUT2D eigenvalue weighted by Crippen LogP contribution is -2.14. The number of para-hydroxylation sites is 1. The number of rotatable bonds is 3. The van der Waals surface area contributed by atoms with Crippen LogP contribution in [0.1, 0.15) is 32.0 Å². The van der Waals surface area contributed by atoms with Gasteiger partial charge in [0.25, 0.3) is 0 Å². The summed E-state index contributed by atoms with van der Waals surface area (Å²) in [5.74, 6) is 0. The van der Waals surface area contributed by atoms with Gasteiger partial charge in [-0.1, -0.05) is 39.0 Å². The molecule has 0 aliphatic heterocycles. The van der Waals surface area contributed by atoms with Gasteiger partial charge in [-0.2, -0.15) is 5.10 Å². The number of nitrogens with one attached hydrogen (secondary N) is 1. The quantitative estimate of drug-likeness (QED) is 0.896. The summed E-state index contributed by atoms with van der Waals surface area (Å²) in [6, 6.07) is 10.5. The first-order valence-electron chi connectivity index (χ1n) is 6.29. The van der Waals surface area contributed by atoms with Crippen LogP contribution in [0.5, 0.6) is 0 Å². The minimum atomic E-state index is 0.147. The Kier molecular flexibility index (Phi) is 3.41. The first-order valence-corrected chi connectivity index (χ1v) is 6.29. The van der Waals surface area contributed by atoms with Gasteiger partial charge in [-0.05, 0) is 23.1 Å². The highest BCUT2D eigenvalue weighted by atomic mass is 15.3. The van der Waals surface area contributed by atoms with Crippen molar-refractivity contribution >= 4 is 5.69 Å². The summed E-state index contributed by atoms with van der Waals surface area (Å²) in [5.41, 5.74) is 3.73. The molecule has 0 radical (unpaired) electrons. The molecule has 0 amide bonds. The molecule has 0 aliphatic carbocycles. The monoisotopic (exact) mass is 243 g/mol. The SMILES string of the molecule is Cn1ccc(CNc2ccccc2C(C)(C)C)n1. The van der Waals surface area contributed by atoms with Gasteiger partial charge in [0.15, 0.2) is 0 Å². The molecule has 1 aromatic carbocycles. The molecule has 0 unspecified atom stereocenters. The lowest BCUT2D eigenvalue weighted by Gasteiger charge is -2.23. The van der Waals surface area contributed by atoms with Gasteiger partial charge in [-0.25, -0.2) is 0 Å². The predicted molar refractivity (Wildman–Crippen MR) is 75.7 cm³/mol. The van der Waals surface area contributed by atoms with Crippen LogP contribution in [-0.4, -0.2) is 9.78 Å². The Hall–Kier alpha value is -1.77. The highest BCUT2D eigenvalue weighted by molar-refractivity contribution is 5.54. The van der Waals surface area contributed by atoms with Crippen molar-refractivity contribution in [1.82, 2.24) is 9.78 Å². The average molecular weight is 243 g/mol. The molecule has 0 spiro atoms. The van der Waals surface area contributed by atoms with E-state index in [0.29, 0.717) is 0 Å². The smallest absolute Gasteiger partial charge is 0.0815 e. The summed E-state index contributed by atoms with van der Waals surface area (Å²) in [4.78, 5) is 0. The molecule has 18 heavy (non-hydrogen) atoms. The number of aromatic nitrogens is 2. The molecule has 0 saturated carbocycles. The van der Waals surface area contributed by atoms with E-state index in [1.807, 2.05) is 24.0 Å². The first kappa shape index (κ1) is 12.7. The third-order valence-electron chi connectivity index (χ3n) is 2.96. The molecule has 3 nitrogen and oxygen atoms in total. The second-order valence-corrected chi connectivity index (χ2v) is 5.63. The molecule has 3 heteroatoms. The van der Waals surface area contributed by atoms with Crippen LogP contribution >= 0.6 is 0 Å². The van der Waals surface area contributed by atoms with Gasteiger partial charge in [-0.3, -0.25) is 4.68 Å². The van der Waals surface area contributed by atoms with E-state index in [-0.39, 0.29) is 5.41 Å². The van der Waals surface area contributed by atoms with E-state index in [4.69, 9.17) is 0 Å². The molecule has 0 atom stereocenters. The van der Waals surface area contributed by atoms with E-state index < -0.39 is 0 Å². The largest absolute Gasteiger partial charge is 0.379 e. The first-order chi connectivity index (χ1) is 8.47. The van der Waals surface area contributed by atoms with E-state index in [1.165, 1.54) is 11.3 Å². The number of hydrogen-bond acceptors (Lipinski definition) is 2. The number of hydrogen-bond donors (Lipinski definition) is 1. The lowest BCUT2D eigenvalue weighted by atomic mass is 9.86. The second kappa shape index (κ2) is 4.84. The minimum absolute atomic E-state index is 0.147. The van der Waals surface area contributed by atoms with Crippen LogP contribution in [0.25, 0.3) is 0 Å². The fourth-order valence-electron chi connectivity index (χ4n) is 2.03. The van der Waals surface area contributed by atoms with Crippen LogP contribution in [0.2, 0.25) is 0 Å². The van der Waals surface area contributed by atoms with Crippen LogP contribution in [0.15, 0.2) is 36.5 Å². The Bertz CT molecular complexity index is 521. The van der Waals surface area contributed by atoms with Crippen molar-refractivity contribution in [2.75, 3.05) is 5.32 Å². The number of benzene rings is 1. The van der Waals surface area contributed by atoms with Crippen LogP contribution in [0.3, 0.4) is 0 Å². The van der Waals surface area contributed by atoms with Gasteiger partial charge in [0, 0.05) is 18.9 Å². The molecule has 1 aromatic heterocycles. The van der Waals surface area contributed by atoms with E-state index in [1.54, 1.807) is 0 Å². The highest BCUT2D eigenvalue weighted by Gasteiger charge is 2.17. The van der Waals surface area contributed by atoms with E-state index in [0.717, 1.165) is 12.2 Å². The summed E-state index contributed by atoms with van der Waals surface area (Å²) in [7, 11) is 1.94. The lowest BCUT2D eigenvalue weighted by molar-refractivity contribution is 0.591. The minimum Gasteiger partial charge on any atom is -0.379 e. The Morgan fingerprint density at radius 1 is 1.17 bits per heavy atom. The average Bonchev–Trinajstić information content (AvgIpc) is 2.72. The normalized spacial score (nSPS) is 11.6. The third kappa shape index (κ3) is 2.92. The topological polar surface area (TPSA) is 29.9 Å². The summed E-state index contributed by atoms with van der Waals surface area (Å²) < 4.78 is 1.83. The highest BCUT2D eigenvalue weighted by Crippen LogP contribution is 2.29. The standard InChI is InChI=1S/C15H21N3/c1-15(2,3)13-7-5-6-8-14(13)16-11-12-9-10-18(4)17-12/h5-10,16H,11H2,1-4H3. The van der Waals surface area contributed by atoms with Gasteiger partial charge in [-0.15, -0.1) is 0 Å². The molecule has 0 fully saturated rings. The number of nitrogens with zero attached hydrogens (tertiary/aromatic N) is 2. The summed E-state index contributed by atoms with van der Waals surface area (Å²) in [5, 5.41) is 7.85. The Balaban J connectivity index is 2.14. The summed E-state index contributed by atoms with van der Waals surface area (Å²) in [6.07, 6.45) is 1.96. The van der Waals surface area contributed by atoms with Crippen molar-refractivity contribution in [3.8, 4) is 0 Å². The molecule has 0 aliphatic rings. The van der Waals surface area contributed by atoms with E-state index in [2.05, 4.69) is 55.5 Å². The molecule has 2 aromatic rings. The molecule has 0 bridgehead atoms. The van der Waals surface area contributed by atoms with Crippen molar-refractivity contribution in [1.29, 1.82) is 0 Å². The van der Waals surface area contributed by atoms with E-state index in [9.17, 15) is 0 Å². The zero-order chi connectivity index (χ0) is 13.2. The van der Waals surface area contributed by atoms with Gasteiger partial charge in [0.1, 0.15) is 0 Å². The zero-order valence-corrected chi connectivity index (χ0v) is 11.6. The van der Waals surface area contributed by atoms with Crippen molar-refractivity contribution < 1.29 is 0 Å². The van der Waals surface area contributed by atoms with Crippen molar-refractivity contribution in [2.45, 2.75) is 32.7 Å². The molecule has 0 saturated heterocycles. The van der Waals surface area contributed by atoms with Crippen LogP contribution < -0.4 is 5.32 Å². The van der Waals surface area contributed by atoms with E-state index >= 15 is 0 Å². The van der Waals surface area contributed by atoms with Gasteiger partial charge in [0.05, 0.1) is 12.2 Å². The Morgan fingerprint density at radius 3 is 2.50 bits per heavy atom. The maximum Gasteiger partial charge on any atom is 0.0815 e. The maximum absolute atomic E-state index is 4.37. The summed E-state index contributed by atoms with van der Waals surface area (Å²) >= 11 is 0. The van der Waals surface area contributed by atoms with Crippen molar-refractivity contribution in [2.24, 2.45) is 7.05 Å². The fourth-order valence-corrected chi connectivity index (χ4v) is 2.03. The molecular formula is C15H21N3. The molecule has 96 valence electrons. The maximum atomic E-state index is 4.37. The molecule has 1 heterocycles. The van der Waals surface area contributed by atoms with Crippen molar-refractivity contribution in [3.05, 3.63) is 47.8 Å². The second-order valence-electron chi connectivity index (χ2n) is 5.63. The number of anilines is 1. The Morgan fingerprint density at radius 2 is 1.89 bits per heavy atom. The van der Waals surface area contributed by atoms with Crippen LogP contribution in [-0.2, 0) is 19.0 Å². The Labute approximate surface area is 109 Å². The third-order valence-corrected chi connectivity index (χ3v) is 2.96. The molecule has 2 rings (SSSR count). The molecular weight excluding hydrogens is 222 g/mol. The predicted octanol–water partition coefficient (Wildman–Crippen LogP) is 3.33. The number of aryl methyl sites for hydroxylation is 1.